The molecule has 1 aliphatic rings. The van der Waals surface area contributed by atoms with Gasteiger partial charge < -0.3 is 5.32 Å². The maximum atomic E-state index is 12.8. The van der Waals surface area contributed by atoms with Crippen molar-refractivity contribution in [1.82, 2.24) is 20.1 Å². The molecule has 0 atom stereocenters. The smallest absolute Gasteiger partial charge is 0.252 e. The molecule has 2 N–H and O–H groups in total. The van der Waals surface area contributed by atoms with Crippen molar-refractivity contribution in [2.45, 2.75) is 35.2 Å². The molecular formula is C20H17N5OS2. The summed E-state index contributed by atoms with van der Waals surface area (Å²) in [5.41, 5.74) is 1.15. The van der Waals surface area contributed by atoms with E-state index in [4.69, 9.17) is 12.2 Å². The molecule has 0 aliphatic heterocycles. The molecule has 1 fully saturated rings. The Hall–Kier alpha value is -2.89. The fourth-order valence-corrected chi connectivity index (χ4v) is 4.26. The normalized spacial score (nSPS) is 13.1. The number of rotatable bonds is 6. The van der Waals surface area contributed by atoms with Gasteiger partial charge in [-0.25, -0.2) is 0 Å². The summed E-state index contributed by atoms with van der Waals surface area (Å²) < 4.78 is 2.58. The Balaban J connectivity index is 1.52. The van der Waals surface area contributed by atoms with Crippen molar-refractivity contribution in [2.24, 2.45) is 0 Å². The molecule has 8 heteroatoms. The summed E-state index contributed by atoms with van der Waals surface area (Å²) in [7, 11) is 0. The van der Waals surface area contributed by atoms with E-state index in [1.165, 1.54) is 11.8 Å². The van der Waals surface area contributed by atoms with E-state index in [1.807, 2.05) is 41.0 Å². The Labute approximate surface area is 171 Å². The van der Waals surface area contributed by atoms with Gasteiger partial charge in [-0.05, 0) is 49.3 Å². The van der Waals surface area contributed by atoms with Crippen molar-refractivity contribution in [1.29, 1.82) is 5.26 Å². The van der Waals surface area contributed by atoms with E-state index in [2.05, 4.69) is 21.6 Å². The van der Waals surface area contributed by atoms with Gasteiger partial charge in [0.25, 0.3) is 5.91 Å². The Morgan fingerprint density at radius 1 is 1.25 bits per heavy atom. The van der Waals surface area contributed by atoms with E-state index >= 15 is 0 Å². The van der Waals surface area contributed by atoms with Gasteiger partial charge in [-0.3, -0.25) is 14.5 Å². The number of aromatic nitrogens is 3. The van der Waals surface area contributed by atoms with Gasteiger partial charge in [-0.2, -0.15) is 10.4 Å². The lowest BCUT2D eigenvalue weighted by Crippen LogP contribution is -2.25. The molecule has 1 aromatic heterocycles. The fraction of sp³-hybridized carbons (Fsp3) is 0.200. The van der Waals surface area contributed by atoms with Gasteiger partial charge in [0, 0.05) is 15.8 Å². The molecule has 140 valence electrons. The van der Waals surface area contributed by atoms with Gasteiger partial charge in [-0.1, -0.05) is 36.0 Å². The molecule has 4 rings (SSSR count). The molecule has 1 saturated carbocycles. The topological polar surface area (TPSA) is 86.5 Å². The second-order valence-corrected chi connectivity index (χ2v) is 7.91. The van der Waals surface area contributed by atoms with Crippen LogP contribution in [0, 0.1) is 16.1 Å². The summed E-state index contributed by atoms with van der Waals surface area (Å²) in [6, 6.07) is 17.3. The van der Waals surface area contributed by atoms with Crippen LogP contribution in [0.2, 0.25) is 0 Å². The van der Waals surface area contributed by atoms with E-state index in [9.17, 15) is 10.1 Å². The molecule has 0 saturated heterocycles. The van der Waals surface area contributed by atoms with Crippen LogP contribution in [0.4, 0.5) is 0 Å². The van der Waals surface area contributed by atoms with Crippen LogP contribution in [0.15, 0.2) is 58.3 Å². The maximum Gasteiger partial charge on any atom is 0.252 e. The first-order valence-corrected chi connectivity index (χ1v) is 10.1. The van der Waals surface area contributed by atoms with Gasteiger partial charge in [0.2, 0.25) is 0 Å². The second kappa shape index (κ2) is 8.00. The van der Waals surface area contributed by atoms with Crippen LogP contribution >= 0.6 is 24.0 Å². The monoisotopic (exact) mass is 407 g/mol. The number of hydrogen-bond donors (Lipinski definition) is 2. The standard InChI is InChI=1S/C20H17N5OS2/c21-11-13-5-1-3-7-16(13)28-17-8-4-2-6-15(17)19(26)22-12-18-23-24-20(27)25(18)14-9-10-14/h1-8,14H,9-10,12H2,(H,22,26)(H,24,27). The predicted octanol–water partition coefficient (Wildman–Crippen LogP) is 4.23. The van der Waals surface area contributed by atoms with Crippen molar-refractivity contribution in [3.05, 3.63) is 70.3 Å². The highest BCUT2D eigenvalue weighted by Gasteiger charge is 2.27. The number of nitriles is 1. The third-order valence-corrected chi connectivity index (χ3v) is 5.90. The number of aromatic amines is 1. The molecule has 1 aliphatic carbocycles. The summed E-state index contributed by atoms with van der Waals surface area (Å²) in [6.07, 6.45) is 2.18. The number of carbonyl (C=O) groups is 1. The number of amides is 1. The zero-order chi connectivity index (χ0) is 19.5. The summed E-state index contributed by atoms with van der Waals surface area (Å²) >= 11 is 6.69. The summed E-state index contributed by atoms with van der Waals surface area (Å²) in [4.78, 5) is 14.4. The third kappa shape index (κ3) is 3.86. The molecule has 1 amide bonds. The minimum atomic E-state index is -0.186. The average molecular weight is 408 g/mol. The summed E-state index contributed by atoms with van der Waals surface area (Å²) in [5.74, 6) is 0.551. The van der Waals surface area contributed by atoms with Gasteiger partial charge >= 0.3 is 0 Å². The average Bonchev–Trinajstić information content (AvgIpc) is 3.49. The predicted molar refractivity (Wildman–Crippen MR) is 109 cm³/mol. The first-order chi connectivity index (χ1) is 13.7. The van der Waals surface area contributed by atoms with Crippen molar-refractivity contribution >= 4 is 29.9 Å². The van der Waals surface area contributed by atoms with Crippen LogP contribution in [-0.4, -0.2) is 20.7 Å². The highest BCUT2D eigenvalue weighted by atomic mass is 32.2. The fourth-order valence-electron chi connectivity index (χ4n) is 2.94. The van der Waals surface area contributed by atoms with E-state index in [-0.39, 0.29) is 5.91 Å². The van der Waals surface area contributed by atoms with Crippen LogP contribution in [0.3, 0.4) is 0 Å². The van der Waals surface area contributed by atoms with Crippen LogP contribution in [0.1, 0.15) is 40.6 Å². The second-order valence-electron chi connectivity index (χ2n) is 6.44. The molecule has 0 unspecified atom stereocenters. The SMILES string of the molecule is N#Cc1ccccc1Sc1ccccc1C(=O)NCc1n[nH]c(=S)n1C1CC1. The Kier molecular flexibility index (Phi) is 5.28. The first-order valence-electron chi connectivity index (χ1n) is 8.87. The highest BCUT2D eigenvalue weighted by molar-refractivity contribution is 7.99. The maximum absolute atomic E-state index is 12.8. The number of benzene rings is 2. The molecule has 6 nitrogen and oxygen atoms in total. The minimum absolute atomic E-state index is 0.186. The zero-order valence-corrected chi connectivity index (χ0v) is 16.5. The van der Waals surface area contributed by atoms with E-state index in [1.54, 1.807) is 12.1 Å². The number of hydrogen-bond acceptors (Lipinski definition) is 5. The molecular weight excluding hydrogens is 390 g/mol. The quantitative estimate of drug-likeness (QED) is 0.597. The third-order valence-electron chi connectivity index (χ3n) is 4.46. The van der Waals surface area contributed by atoms with E-state index < -0.39 is 0 Å². The molecule has 0 spiro atoms. The molecule has 3 aromatic rings. The molecule has 28 heavy (non-hydrogen) atoms. The number of H-pyrrole nitrogens is 1. The van der Waals surface area contributed by atoms with Crippen molar-refractivity contribution in [2.75, 3.05) is 0 Å². The van der Waals surface area contributed by atoms with Gasteiger partial charge in [0.15, 0.2) is 10.6 Å². The van der Waals surface area contributed by atoms with Crippen LogP contribution in [-0.2, 0) is 6.54 Å². The van der Waals surface area contributed by atoms with Crippen LogP contribution < -0.4 is 5.32 Å². The number of carbonyl (C=O) groups excluding carboxylic acids is 1. The highest BCUT2D eigenvalue weighted by Crippen LogP contribution is 2.36. The van der Waals surface area contributed by atoms with E-state index in [0.29, 0.717) is 28.5 Å². The van der Waals surface area contributed by atoms with Crippen molar-refractivity contribution in [3.63, 3.8) is 0 Å². The van der Waals surface area contributed by atoms with Gasteiger partial charge in [0.05, 0.1) is 17.7 Å². The largest absolute Gasteiger partial charge is 0.345 e. The van der Waals surface area contributed by atoms with Crippen molar-refractivity contribution < 1.29 is 4.79 Å². The molecule has 0 radical (unpaired) electrons. The van der Waals surface area contributed by atoms with Crippen LogP contribution in [0.5, 0.6) is 0 Å². The van der Waals surface area contributed by atoms with Gasteiger partial charge in [0.1, 0.15) is 6.07 Å². The number of nitrogens with zero attached hydrogens (tertiary/aromatic N) is 3. The lowest BCUT2D eigenvalue weighted by Gasteiger charge is -2.11. The molecule has 2 aromatic carbocycles. The minimum Gasteiger partial charge on any atom is -0.345 e. The zero-order valence-electron chi connectivity index (χ0n) is 14.9. The Morgan fingerprint density at radius 2 is 1.96 bits per heavy atom. The Bertz CT molecular complexity index is 1120. The van der Waals surface area contributed by atoms with Crippen LogP contribution in [0.25, 0.3) is 0 Å². The molecule has 0 bridgehead atoms. The lowest BCUT2D eigenvalue weighted by atomic mass is 10.2. The molecule has 1 heterocycles. The van der Waals surface area contributed by atoms with Gasteiger partial charge in [-0.15, -0.1) is 0 Å². The Morgan fingerprint density at radius 3 is 2.71 bits per heavy atom. The van der Waals surface area contributed by atoms with E-state index in [0.717, 1.165) is 28.5 Å². The number of nitrogens with one attached hydrogen (secondary N) is 2. The first kappa shape index (κ1) is 18.5. The summed E-state index contributed by atoms with van der Waals surface area (Å²) in [6.45, 7) is 0.302. The van der Waals surface area contributed by atoms with Crippen molar-refractivity contribution in [3.8, 4) is 6.07 Å². The lowest BCUT2D eigenvalue weighted by molar-refractivity contribution is 0.0946. The summed E-state index contributed by atoms with van der Waals surface area (Å²) in [5, 5.41) is 19.3.